The maximum atomic E-state index is 12.9. The summed E-state index contributed by atoms with van der Waals surface area (Å²) < 4.78 is 0. The Bertz CT molecular complexity index is 973. The van der Waals surface area contributed by atoms with Crippen molar-refractivity contribution in [1.29, 1.82) is 0 Å². The van der Waals surface area contributed by atoms with Crippen LogP contribution >= 0.6 is 0 Å². The van der Waals surface area contributed by atoms with Crippen LogP contribution in [0.4, 0.5) is 11.5 Å². The molecule has 0 spiro atoms. The number of hydrogen-bond acceptors (Lipinski definition) is 5. The fourth-order valence-electron chi connectivity index (χ4n) is 3.61. The van der Waals surface area contributed by atoms with Crippen LogP contribution in [0.25, 0.3) is 11.4 Å². The lowest BCUT2D eigenvalue weighted by molar-refractivity contribution is -0.120. The largest absolute Gasteiger partial charge is 0.357 e. The molecule has 150 valence electrons. The summed E-state index contributed by atoms with van der Waals surface area (Å²) in [4.78, 5) is 24.2. The van der Waals surface area contributed by atoms with Crippen molar-refractivity contribution < 1.29 is 4.79 Å². The summed E-state index contributed by atoms with van der Waals surface area (Å²) in [5.41, 5.74) is 2.74. The molecule has 0 radical (unpaired) electrons. The van der Waals surface area contributed by atoms with Gasteiger partial charge in [0.2, 0.25) is 5.91 Å². The molecule has 2 aromatic heterocycles. The average molecular weight is 390 g/mol. The molecular weight excluding hydrogens is 364 g/mol. The Hall–Kier alpha value is -3.22. The Balaban J connectivity index is 1.41. The van der Waals surface area contributed by atoms with E-state index in [-0.39, 0.29) is 11.8 Å². The minimum atomic E-state index is -0.0110. The van der Waals surface area contributed by atoms with Crippen molar-refractivity contribution in [2.24, 2.45) is 5.92 Å². The number of hydrogen-bond donors (Lipinski definition) is 2. The van der Waals surface area contributed by atoms with Gasteiger partial charge in [0.1, 0.15) is 11.6 Å². The van der Waals surface area contributed by atoms with Gasteiger partial charge in [-0.15, -0.1) is 0 Å². The third kappa shape index (κ3) is 4.29. The molecular formula is C22H26N6O. The van der Waals surface area contributed by atoms with Crippen LogP contribution in [0.1, 0.15) is 31.2 Å². The number of aromatic nitrogens is 4. The number of piperidine rings is 1. The van der Waals surface area contributed by atoms with E-state index in [1.54, 1.807) is 0 Å². The van der Waals surface area contributed by atoms with Crippen LogP contribution in [0, 0.1) is 12.8 Å². The molecule has 1 fully saturated rings. The van der Waals surface area contributed by atoms with Crippen LogP contribution in [0.5, 0.6) is 0 Å². The van der Waals surface area contributed by atoms with Crippen molar-refractivity contribution in [3.8, 4) is 11.4 Å². The van der Waals surface area contributed by atoms with E-state index < -0.39 is 0 Å². The van der Waals surface area contributed by atoms with Crippen molar-refractivity contribution in [3.05, 3.63) is 54.0 Å². The van der Waals surface area contributed by atoms with E-state index in [1.165, 1.54) is 0 Å². The number of amides is 1. The van der Waals surface area contributed by atoms with Crippen LogP contribution in [0.15, 0.2) is 42.6 Å². The van der Waals surface area contributed by atoms with Gasteiger partial charge in [-0.05, 0) is 43.5 Å². The first kappa shape index (κ1) is 19.1. The zero-order valence-corrected chi connectivity index (χ0v) is 16.9. The lowest BCUT2D eigenvalue weighted by Crippen LogP contribution is -2.38. The van der Waals surface area contributed by atoms with E-state index in [0.717, 1.165) is 60.8 Å². The number of aryl methyl sites for hydroxylation is 2. The molecule has 0 bridgehead atoms. The van der Waals surface area contributed by atoms with Gasteiger partial charge < -0.3 is 10.2 Å². The Kier molecular flexibility index (Phi) is 5.55. The first-order valence-corrected chi connectivity index (χ1v) is 10.1. The molecule has 3 heterocycles. The fraction of sp³-hybridized carbons (Fsp3) is 0.364. The number of rotatable bonds is 5. The Labute approximate surface area is 170 Å². The first-order valence-electron chi connectivity index (χ1n) is 10.1. The number of H-pyrrole nitrogens is 1. The minimum absolute atomic E-state index is 0.0110. The van der Waals surface area contributed by atoms with Gasteiger partial charge in [0.25, 0.3) is 0 Å². The molecule has 1 aromatic carbocycles. The monoisotopic (exact) mass is 390 g/mol. The predicted octanol–water partition coefficient (Wildman–Crippen LogP) is 3.59. The van der Waals surface area contributed by atoms with Gasteiger partial charge in [-0.25, -0.2) is 9.97 Å². The number of benzene rings is 1. The molecule has 0 unspecified atom stereocenters. The van der Waals surface area contributed by atoms with Crippen molar-refractivity contribution in [3.63, 3.8) is 0 Å². The van der Waals surface area contributed by atoms with E-state index in [9.17, 15) is 4.79 Å². The predicted molar refractivity (Wildman–Crippen MR) is 114 cm³/mol. The zero-order chi connectivity index (χ0) is 20.2. The zero-order valence-electron chi connectivity index (χ0n) is 16.9. The molecule has 1 aliphatic rings. The third-order valence-electron chi connectivity index (χ3n) is 5.38. The number of carbonyl (C=O) groups excluding carboxylic acids is 1. The summed E-state index contributed by atoms with van der Waals surface area (Å²) >= 11 is 0. The van der Waals surface area contributed by atoms with Crippen LogP contribution in [-0.4, -0.2) is 39.2 Å². The molecule has 1 saturated heterocycles. The third-order valence-corrected chi connectivity index (χ3v) is 5.38. The smallest absolute Gasteiger partial charge is 0.227 e. The van der Waals surface area contributed by atoms with Crippen molar-refractivity contribution in [2.45, 2.75) is 33.1 Å². The lowest BCUT2D eigenvalue weighted by atomic mass is 9.95. The molecule has 0 saturated carbocycles. The first-order chi connectivity index (χ1) is 14.1. The summed E-state index contributed by atoms with van der Waals surface area (Å²) in [7, 11) is 0. The molecule has 7 nitrogen and oxygen atoms in total. The van der Waals surface area contributed by atoms with Gasteiger partial charge in [0.05, 0.1) is 5.69 Å². The normalized spacial score (nSPS) is 14.8. The van der Waals surface area contributed by atoms with Crippen molar-refractivity contribution >= 4 is 17.4 Å². The highest BCUT2D eigenvalue weighted by molar-refractivity contribution is 5.96. The Morgan fingerprint density at radius 2 is 2.00 bits per heavy atom. The van der Waals surface area contributed by atoms with Crippen LogP contribution in [-0.2, 0) is 11.2 Å². The number of carbonyl (C=O) groups is 1. The van der Waals surface area contributed by atoms with Crippen molar-refractivity contribution in [2.75, 3.05) is 23.3 Å². The minimum Gasteiger partial charge on any atom is -0.357 e. The number of pyridine rings is 1. The fourth-order valence-corrected chi connectivity index (χ4v) is 3.61. The number of para-hydroxylation sites is 1. The summed E-state index contributed by atoms with van der Waals surface area (Å²) in [6.07, 6.45) is 4.29. The molecule has 2 N–H and O–H groups in total. The summed E-state index contributed by atoms with van der Waals surface area (Å²) in [6.45, 7) is 5.72. The highest BCUT2D eigenvalue weighted by atomic mass is 16.1. The topological polar surface area (TPSA) is 86.8 Å². The van der Waals surface area contributed by atoms with Gasteiger partial charge in [0, 0.05) is 37.2 Å². The van der Waals surface area contributed by atoms with E-state index in [2.05, 4.69) is 36.4 Å². The Morgan fingerprint density at radius 1 is 1.21 bits per heavy atom. The quantitative estimate of drug-likeness (QED) is 0.695. The highest BCUT2D eigenvalue weighted by Crippen LogP contribution is 2.27. The second-order valence-corrected chi connectivity index (χ2v) is 7.45. The number of nitrogens with zero attached hydrogens (tertiary/aromatic N) is 4. The summed E-state index contributed by atoms with van der Waals surface area (Å²) in [5.74, 6) is 2.47. The molecule has 4 rings (SSSR count). The molecule has 1 amide bonds. The molecule has 3 aromatic rings. The maximum Gasteiger partial charge on any atom is 0.227 e. The lowest BCUT2D eigenvalue weighted by Gasteiger charge is -2.32. The number of anilines is 2. The van der Waals surface area contributed by atoms with Gasteiger partial charge in [0.15, 0.2) is 5.82 Å². The maximum absolute atomic E-state index is 12.9. The second kappa shape index (κ2) is 8.43. The van der Waals surface area contributed by atoms with E-state index in [4.69, 9.17) is 0 Å². The van der Waals surface area contributed by atoms with Crippen LogP contribution in [0.2, 0.25) is 0 Å². The summed E-state index contributed by atoms with van der Waals surface area (Å²) in [6, 6.07) is 11.8. The summed E-state index contributed by atoms with van der Waals surface area (Å²) in [5, 5.41) is 10.3. The molecule has 29 heavy (non-hydrogen) atoms. The molecule has 7 heteroatoms. The van der Waals surface area contributed by atoms with Gasteiger partial charge in [-0.3, -0.25) is 9.89 Å². The second-order valence-electron chi connectivity index (χ2n) is 7.45. The standard InChI is InChI=1S/C22H26N6O/c1-3-19-25-21(27-26-19)17-6-4-5-7-18(17)24-22(29)16-10-12-28(13-11-16)20-9-8-15(2)14-23-20/h4-9,14,16H,3,10-13H2,1-2H3,(H,24,29)(H,25,26,27). The van der Waals surface area contributed by atoms with Gasteiger partial charge >= 0.3 is 0 Å². The Morgan fingerprint density at radius 3 is 2.69 bits per heavy atom. The SMILES string of the molecule is CCc1nc(-c2ccccc2NC(=O)C2CCN(c3ccc(C)cn3)CC2)n[nH]1. The molecule has 0 aliphatic carbocycles. The van der Waals surface area contributed by atoms with E-state index >= 15 is 0 Å². The van der Waals surface area contributed by atoms with E-state index in [1.807, 2.05) is 50.4 Å². The number of nitrogens with one attached hydrogen (secondary N) is 2. The molecule has 1 aliphatic heterocycles. The van der Waals surface area contributed by atoms with Gasteiger partial charge in [-0.2, -0.15) is 5.10 Å². The van der Waals surface area contributed by atoms with Crippen LogP contribution in [0.3, 0.4) is 0 Å². The van der Waals surface area contributed by atoms with E-state index in [0.29, 0.717) is 5.82 Å². The van der Waals surface area contributed by atoms with Crippen molar-refractivity contribution in [1.82, 2.24) is 20.2 Å². The highest BCUT2D eigenvalue weighted by Gasteiger charge is 2.26. The number of aromatic amines is 1. The van der Waals surface area contributed by atoms with Gasteiger partial charge in [-0.1, -0.05) is 25.1 Å². The average Bonchev–Trinajstić information content (AvgIpc) is 3.24. The van der Waals surface area contributed by atoms with Crippen LogP contribution < -0.4 is 10.2 Å². The molecule has 0 atom stereocenters.